The van der Waals surface area contributed by atoms with Gasteiger partial charge in [-0.05, 0) is 30.2 Å². The molecule has 5 heteroatoms. The Kier molecular flexibility index (Phi) is 2.44. The van der Waals surface area contributed by atoms with Crippen molar-refractivity contribution in [2.24, 2.45) is 0 Å². The number of H-pyrrole nitrogens is 1. The van der Waals surface area contributed by atoms with E-state index < -0.39 is 0 Å². The van der Waals surface area contributed by atoms with Gasteiger partial charge in [0.05, 0.1) is 0 Å². The van der Waals surface area contributed by atoms with Crippen LogP contribution in [0.5, 0.6) is 0 Å². The second-order valence-corrected chi connectivity index (χ2v) is 4.23. The highest BCUT2D eigenvalue weighted by atomic mass is 16.1. The summed E-state index contributed by atoms with van der Waals surface area (Å²) < 4.78 is 0. The SMILES string of the molecule is O=C1CCc2ccc(Nc3ccc(=O)[nH]n3)cc21. The van der Waals surface area contributed by atoms with Crippen LogP contribution in [-0.4, -0.2) is 16.0 Å². The number of fused-ring (bicyclic) bond motifs is 1. The molecule has 0 atom stereocenters. The number of aromatic nitrogens is 2. The van der Waals surface area contributed by atoms with Gasteiger partial charge in [-0.15, -0.1) is 0 Å². The first kappa shape index (κ1) is 10.7. The van der Waals surface area contributed by atoms with Crippen molar-refractivity contribution in [1.82, 2.24) is 10.2 Å². The Morgan fingerprint density at radius 2 is 2.00 bits per heavy atom. The molecular formula is C13H11N3O2. The fraction of sp³-hybridized carbons (Fsp3) is 0.154. The Hall–Kier alpha value is -2.43. The number of hydrogen-bond donors (Lipinski definition) is 2. The quantitative estimate of drug-likeness (QED) is 0.838. The highest BCUT2D eigenvalue weighted by Gasteiger charge is 2.19. The van der Waals surface area contributed by atoms with Gasteiger partial charge in [0.25, 0.3) is 5.56 Å². The average molecular weight is 241 g/mol. The fourth-order valence-corrected chi connectivity index (χ4v) is 2.08. The predicted molar refractivity (Wildman–Crippen MR) is 67.2 cm³/mol. The maximum atomic E-state index is 11.6. The summed E-state index contributed by atoms with van der Waals surface area (Å²) in [4.78, 5) is 22.5. The lowest BCUT2D eigenvalue weighted by Gasteiger charge is -2.06. The molecule has 0 amide bonds. The first-order valence-electron chi connectivity index (χ1n) is 5.71. The monoisotopic (exact) mass is 241 g/mol. The summed E-state index contributed by atoms with van der Waals surface area (Å²) >= 11 is 0. The molecule has 0 saturated heterocycles. The topological polar surface area (TPSA) is 74.8 Å². The molecule has 3 rings (SSSR count). The lowest BCUT2D eigenvalue weighted by molar-refractivity contribution is 0.0994. The van der Waals surface area contributed by atoms with E-state index in [1.54, 1.807) is 6.07 Å². The summed E-state index contributed by atoms with van der Waals surface area (Å²) in [5, 5.41) is 9.25. The average Bonchev–Trinajstić information content (AvgIpc) is 2.74. The van der Waals surface area contributed by atoms with Crippen LogP contribution in [0.4, 0.5) is 11.5 Å². The third-order valence-electron chi connectivity index (χ3n) is 2.98. The number of Topliss-reactive ketones (excluding diaryl/α,β-unsaturated/α-hetero) is 1. The smallest absolute Gasteiger partial charge is 0.264 e. The molecule has 2 aromatic rings. The molecule has 1 aromatic heterocycles. The summed E-state index contributed by atoms with van der Waals surface area (Å²) in [6.07, 6.45) is 1.42. The molecule has 0 bridgehead atoms. The van der Waals surface area contributed by atoms with Gasteiger partial charge in [-0.2, -0.15) is 5.10 Å². The summed E-state index contributed by atoms with van der Waals surface area (Å²) in [5.41, 5.74) is 2.43. The molecule has 1 heterocycles. The van der Waals surface area contributed by atoms with E-state index in [4.69, 9.17) is 0 Å². The second-order valence-electron chi connectivity index (χ2n) is 4.23. The van der Waals surface area contributed by atoms with E-state index in [9.17, 15) is 9.59 Å². The van der Waals surface area contributed by atoms with Crippen LogP contribution >= 0.6 is 0 Å². The van der Waals surface area contributed by atoms with Crippen molar-refractivity contribution in [3.05, 3.63) is 51.8 Å². The number of ketones is 1. The van der Waals surface area contributed by atoms with E-state index in [0.29, 0.717) is 12.2 Å². The molecule has 5 nitrogen and oxygen atoms in total. The van der Waals surface area contributed by atoms with Gasteiger partial charge in [-0.25, -0.2) is 5.10 Å². The van der Waals surface area contributed by atoms with Gasteiger partial charge in [0.2, 0.25) is 0 Å². The van der Waals surface area contributed by atoms with Crippen LogP contribution in [0.1, 0.15) is 22.3 Å². The molecule has 0 aliphatic heterocycles. The normalized spacial score (nSPS) is 13.4. The highest BCUT2D eigenvalue weighted by molar-refractivity contribution is 6.01. The summed E-state index contributed by atoms with van der Waals surface area (Å²) in [6, 6.07) is 8.68. The lowest BCUT2D eigenvalue weighted by Crippen LogP contribution is -2.07. The summed E-state index contributed by atoms with van der Waals surface area (Å²) in [7, 11) is 0. The maximum absolute atomic E-state index is 11.6. The number of anilines is 2. The third kappa shape index (κ3) is 1.90. The van der Waals surface area contributed by atoms with Crippen LogP contribution in [0.15, 0.2) is 35.1 Å². The highest BCUT2D eigenvalue weighted by Crippen LogP contribution is 2.25. The fourth-order valence-electron chi connectivity index (χ4n) is 2.08. The van der Waals surface area contributed by atoms with Crippen LogP contribution in [0.2, 0.25) is 0 Å². The molecule has 2 N–H and O–H groups in total. The molecular weight excluding hydrogens is 230 g/mol. The van der Waals surface area contributed by atoms with Gasteiger partial charge < -0.3 is 5.32 Å². The minimum absolute atomic E-state index is 0.183. The Balaban J connectivity index is 1.90. The first-order chi connectivity index (χ1) is 8.72. The van der Waals surface area contributed by atoms with E-state index in [2.05, 4.69) is 15.5 Å². The van der Waals surface area contributed by atoms with E-state index in [1.807, 2.05) is 18.2 Å². The van der Waals surface area contributed by atoms with Crippen molar-refractivity contribution >= 4 is 17.3 Å². The molecule has 0 radical (unpaired) electrons. The maximum Gasteiger partial charge on any atom is 0.264 e. The van der Waals surface area contributed by atoms with Crippen molar-refractivity contribution in [1.29, 1.82) is 0 Å². The number of carbonyl (C=O) groups is 1. The van der Waals surface area contributed by atoms with Crippen molar-refractivity contribution in [2.45, 2.75) is 12.8 Å². The van der Waals surface area contributed by atoms with Crippen LogP contribution in [0.3, 0.4) is 0 Å². The lowest BCUT2D eigenvalue weighted by atomic mass is 10.1. The number of rotatable bonds is 2. The zero-order chi connectivity index (χ0) is 12.5. The van der Waals surface area contributed by atoms with E-state index in [-0.39, 0.29) is 11.3 Å². The first-order valence-corrected chi connectivity index (χ1v) is 5.71. The largest absolute Gasteiger partial charge is 0.339 e. The number of benzene rings is 1. The van der Waals surface area contributed by atoms with Crippen LogP contribution in [0, 0.1) is 0 Å². The van der Waals surface area contributed by atoms with E-state index in [1.165, 1.54) is 6.07 Å². The van der Waals surface area contributed by atoms with E-state index >= 15 is 0 Å². The summed E-state index contributed by atoms with van der Waals surface area (Å²) in [6.45, 7) is 0. The molecule has 0 saturated carbocycles. The van der Waals surface area contributed by atoms with Crippen molar-refractivity contribution in [2.75, 3.05) is 5.32 Å². The number of hydrogen-bond acceptors (Lipinski definition) is 4. The zero-order valence-electron chi connectivity index (χ0n) is 9.56. The predicted octanol–water partition coefficient (Wildman–Crippen LogP) is 1.64. The Morgan fingerprint density at radius 3 is 2.78 bits per heavy atom. The number of aryl methyl sites for hydroxylation is 1. The Labute approximate surface area is 103 Å². The Morgan fingerprint density at radius 1 is 1.11 bits per heavy atom. The van der Waals surface area contributed by atoms with Crippen molar-refractivity contribution in [3.8, 4) is 0 Å². The molecule has 0 fully saturated rings. The van der Waals surface area contributed by atoms with Gasteiger partial charge in [0, 0.05) is 23.7 Å². The minimum Gasteiger partial charge on any atom is -0.339 e. The molecule has 18 heavy (non-hydrogen) atoms. The molecule has 90 valence electrons. The number of carbonyl (C=O) groups excluding carboxylic acids is 1. The number of aromatic amines is 1. The summed E-state index contributed by atoms with van der Waals surface area (Å²) in [5.74, 6) is 0.725. The third-order valence-corrected chi connectivity index (χ3v) is 2.98. The molecule has 1 aliphatic rings. The van der Waals surface area contributed by atoms with Gasteiger partial charge in [0.1, 0.15) is 0 Å². The van der Waals surface area contributed by atoms with Crippen LogP contribution < -0.4 is 10.9 Å². The number of nitrogens with zero attached hydrogens (tertiary/aromatic N) is 1. The number of nitrogens with one attached hydrogen (secondary N) is 2. The molecule has 1 aromatic carbocycles. The second kappa shape index (κ2) is 4.10. The zero-order valence-corrected chi connectivity index (χ0v) is 9.56. The van der Waals surface area contributed by atoms with Crippen LogP contribution in [0.25, 0.3) is 0 Å². The van der Waals surface area contributed by atoms with E-state index in [0.717, 1.165) is 23.2 Å². The van der Waals surface area contributed by atoms with Crippen LogP contribution in [-0.2, 0) is 6.42 Å². The van der Waals surface area contributed by atoms with Crippen molar-refractivity contribution in [3.63, 3.8) is 0 Å². The van der Waals surface area contributed by atoms with Gasteiger partial charge in [-0.3, -0.25) is 9.59 Å². The van der Waals surface area contributed by atoms with Gasteiger partial charge >= 0.3 is 0 Å². The van der Waals surface area contributed by atoms with Crippen molar-refractivity contribution < 1.29 is 4.79 Å². The Bertz CT molecular complexity index is 656. The minimum atomic E-state index is -0.246. The standard InChI is InChI=1S/C13H11N3O2/c17-11-4-2-8-1-3-9(7-10(8)11)14-12-5-6-13(18)16-15-12/h1,3,5-7H,2,4H2,(H,14,15)(H,16,18). The van der Waals surface area contributed by atoms with Gasteiger partial charge in [-0.1, -0.05) is 6.07 Å². The molecule has 1 aliphatic carbocycles. The molecule has 0 spiro atoms. The molecule has 0 unspecified atom stereocenters. The van der Waals surface area contributed by atoms with Gasteiger partial charge in [0.15, 0.2) is 11.6 Å².